The molecule has 4 heterocycles. The van der Waals surface area contributed by atoms with Gasteiger partial charge in [-0.1, -0.05) is 19.4 Å². The molecule has 0 spiro atoms. The van der Waals surface area contributed by atoms with Crippen molar-refractivity contribution >= 4 is 11.5 Å². The van der Waals surface area contributed by atoms with E-state index in [2.05, 4.69) is 32.5 Å². The number of amides is 1. The van der Waals surface area contributed by atoms with E-state index >= 15 is 4.39 Å². The predicted molar refractivity (Wildman–Crippen MR) is 122 cm³/mol. The van der Waals surface area contributed by atoms with E-state index < -0.39 is 5.82 Å². The molecule has 0 unspecified atom stereocenters. The van der Waals surface area contributed by atoms with Gasteiger partial charge >= 0.3 is 0 Å². The lowest BCUT2D eigenvalue weighted by Crippen LogP contribution is -2.37. The number of allylic oxidation sites excluding steroid dienone is 1. The normalized spacial score (nSPS) is 20.4. The van der Waals surface area contributed by atoms with Crippen LogP contribution in [-0.2, 0) is 24.2 Å². The van der Waals surface area contributed by atoms with Gasteiger partial charge in [0.15, 0.2) is 5.82 Å². The Balaban J connectivity index is 1.60. The Morgan fingerprint density at radius 2 is 2.03 bits per heavy atom. The van der Waals surface area contributed by atoms with E-state index in [-0.39, 0.29) is 17.7 Å². The summed E-state index contributed by atoms with van der Waals surface area (Å²) in [5.74, 6) is -0.0834. The molecule has 0 saturated heterocycles. The van der Waals surface area contributed by atoms with Gasteiger partial charge in [-0.05, 0) is 48.8 Å². The topological polar surface area (TPSA) is 89.0 Å². The van der Waals surface area contributed by atoms with Gasteiger partial charge in [0.1, 0.15) is 6.33 Å². The second kappa shape index (κ2) is 8.67. The van der Waals surface area contributed by atoms with Crippen molar-refractivity contribution in [3.05, 3.63) is 57.4 Å². The summed E-state index contributed by atoms with van der Waals surface area (Å²) in [5, 5.41) is 6.26. The highest BCUT2D eigenvalue weighted by molar-refractivity contribution is 6.02. The number of fused-ring (bicyclic) bond motifs is 2. The average molecular weight is 450 g/mol. The highest BCUT2D eigenvalue weighted by atomic mass is 19.1. The van der Waals surface area contributed by atoms with Crippen LogP contribution in [-0.4, -0.2) is 33.9 Å². The summed E-state index contributed by atoms with van der Waals surface area (Å²) in [6.45, 7) is 8.15. The highest BCUT2D eigenvalue weighted by Crippen LogP contribution is 2.42. The molecule has 8 heteroatoms. The first-order chi connectivity index (χ1) is 16.0. The fraction of sp³-hybridized carbons (Fsp3) is 0.440. The molecule has 2 N–H and O–H groups in total. The first-order valence-electron chi connectivity index (χ1n) is 11.6. The second-order valence-corrected chi connectivity index (χ2v) is 8.89. The third-order valence-electron chi connectivity index (χ3n) is 6.99. The molecule has 172 valence electrons. The number of carbonyl (C=O) groups excluding carboxylic acids is 1. The van der Waals surface area contributed by atoms with Crippen LogP contribution in [0.15, 0.2) is 29.2 Å². The Labute approximate surface area is 192 Å². The first-order valence-corrected chi connectivity index (χ1v) is 11.6. The zero-order valence-electron chi connectivity index (χ0n) is 19.2. The molecule has 2 aromatic rings. The van der Waals surface area contributed by atoms with Crippen LogP contribution in [0.25, 0.3) is 5.57 Å². The summed E-state index contributed by atoms with van der Waals surface area (Å²) in [4.78, 5) is 25.7. The number of carbonyl (C=O) groups is 1. The summed E-state index contributed by atoms with van der Waals surface area (Å²) < 4.78 is 21.8. The summed E-state index contributed by atoms with van der Waals surface area (Å²) in [6, 6.07) is 0. The minimum atomic E-state index is -0.500. The van der Waals surface area contributed by atoms with Gasteiger partial charge in [0, 0.05) is 43.4 Å². The average Bonchev–Trinajstić information content (AvgIpc) is 2.83. The maximum absolute atomic E-state index is 15.9. The number of aromatic nitrogens is 3. The van der Waals surface area contributed by atoms with Gasteiger partial charge in [-0.25, -0.2) is 19.3 Å². The number of hydrogen-bond donors (Lipinski definition) is 2. The van der Waals surface area contributed by atoms with Crippen LogP contribution in [0.4, 0.5) is 4.39 Å². The molecule has 1 amide bonds. The Bertz CT molecular complexity index is 1200. The van der Waals surface area contributed by atoms with Gasteiger partial charge in [0.05, 0.1) is 11.3 Å². The van der Waals surface area contributed by atoms with Crippen LogP contribution in [0.3, 0.4) is 0 Å². The third-order valence-corrected chi connectivity index (χ3v) is 6.99. The number of halogens is 1. The molecule has 1 atom stereocenters. The van der Waals surface area contributed by atoms with E-state index in [1.807, 2.05) is 13.8 Å². The van der Waals surface area contributed by atoms with Gasteiger partial charge in [-0.3, -0.25) is 4.79 Å². The van der Waals surface area contributed by atoms with E-state index in [0.29, 0.717) is 49.4 Å². The standard InChI is InChI=1S/C25H28FN5O2/c1-4-16-17(20-14(3)13(2)9-28-23(20)32)6-5-15-10-29-25(22(26)21(15)16)33-24-18-11-27-8-7-19(18)30-12-31-24/h10,12-13,27H,4-9,11H2,1-3H3,(H,28,32)/t13-/m1/s1. The van der Waals surface area contributed by atoms with Crippen molar-refractivity contribution in [2.75, 3.05) is 13.1 Å². The minimum Gasteiger partial charge on any atom is -0.417 e. The summed E-state index contributed by atoms with van der Waals surface area (Å²) in [6.07, 6.45) is 5.84. The molecule has 7 nitrogen and oxygen atoms in total. The molecule has 5 rings (SSSR count). The summed E-state index contributed by atoms with van der Waals surface area (Å²) in [5.41, 5.74) is 6.67. The van der Waals surface area contributed by atoms with Crippen LogP contribution >= 0.6 is 0 Å². The fourth-order valence-electron chi connectivity index (χ4n) is 5.03. The number of ether oxygens (including phenoxy) is 1. The highest BCUT2D eigenvalue weighted by Gasteiger charge is 2.32. The van der Waals surface area contributed by atoms with E-state index in [4.69, 9.17) is 4.74 Å². The molecule has 33 heavy (non-hydrogen) atoms. The van der Waals surface area contributed by atoms with Crippen molar-refractivity contribution in [3.8, 4) is 11.8 Å². The van der Waals surface area contributed by atoms with E-state index in [9.17, 15) is 4.79 Å². The Morgan fingerprint density at radius 3 is 2.85 bits per heavy atom. The fourth-order valence-corrected chi connectivity index (χ4v) is 5.03. The van der Waals surface area contributed by atoms with Crippen molar-refractivity contribution in [2.24, 2.45) is 5.92 Å². The lowest BCUT2D eigenvalue weighted by Gasteiger charge is -2.30. The van der Waals surface area contributed by atoms with Crippen molar-refractivity contribution in [3.63, 3.8) is 0 Å². The van der Waals surface area contributed by atoms with Crippen LogP contribution in [0.1, 0.15) is 56.0 Å². The van der Waals surface area contributed by atoms with E-state index in [1.165, 1.54) is 6.33 Å². The summed E-state index contributed by atoms with van der Waals surface area (Å²) >= 11 is 0. The SMILES string of the molecule is CCC1=C(C2=C(C)[C@H](C)CNC2=O)CCc2cnc(Oc3ncnc4c3CNCC4)c(F)c21. The largest absolute Gasteiger partial charge is 0.417 e. The first kappa shape index (κ1) is 21.7. The molecule has 2 aromatic heterocycles. The molecule has 2 aliphatic heterocycles. The molecule has 0 radical (unpaired) electrons. The van der Waals surface area contributed by atoms with Crippen LogP contribution in [0.2, 0.25) is 0 Å². The Hall–Kier alpha value is -3.13. The second-order valence-electron chi connectivity index (χ2n) is 8.89. The van der Waals surface area contributed by atoms with Crippen molar-refractivity contribution in [2.45, 2.75) is 53.0 Å². The van der Waals surface area contributed by atoms with Gasteiger partial charge < -0.3 is 15.4 Å². The maximum Gasteiger partial charge on any atom is 0.258 e. The molecule has 0 saturated carbocycles. The summed E-state index contributed by atoms with van der Waals surface area (Å²) in [7, 11) is 0. The Kier molecular flexibility index (Phi) is 5.70. The molecule has 1 aliphatic carbocycles. The van der Waals surface area contributed by atoms with Crippen LogP contribution < -0.4 is 15.4 Å². The van der Waals surface area contributed by atoms with Gasteiger partial charge in [0.25, 0.3) is 11.8 Å². The third kappa shape index (κ3) is 3.72. The molecule has 0 bridgehead atoms. The quantitative estimate of drug-likeness (QED) is 0.741. The number of aryl methyl sites for hydroxylation is 1. The van der Waals surface area contributed by atoms with Crippen molar-refractivity contribution in [1.82, 2.24) is 25.6 Å². The lowest BCUT2D eigenvalue weighted by atomic mass is 9.78. The van der Waals surface area contributed by atoms with Crippen molar-refractivity contribution < 1.29 is 13.9 Å². The number of rotatable bonds is 4. The number of nitrogens with one attached hydrogen (secondary N) is 2. The van der Waals surface area contributed by atoms with E-state index in [0.717, 1.165) is 46.5 Å². The number of pyridine rings is 1. The van der Waals surface area contributed by atoms with Crippen molar-refractivity contribution in [1.29, 1.82) is 0 Å². The molecule has 0 fully saturated rings. The Morgan fingerprint density at radius 1 is 1.18 bits per heavy atom. The number of hydrogen-bond acceptors (Lipinski definition) is 6. The smallest absolute Gasteiger partial charge is 0.258 e. The van der Waals surface area contributed by atoms with E-state index in [1.54, 1.807) is 6.20 Å². The molecular weight excluding hydrogens is 421 g/mol. The minimum absolute atomic E-state index is 0.0685. The van der Waals surface area contributed by atoms with Gasteiger partial charge in [-0.2, -0.15) is 0 Å². The zero-order valence-corrected chi connectivity index (χ0v) is 19.2. The van der Waals surface area contributed by atoms with Gasteiger partial charge in [0.2, 0.25) is 5.88 Å². The van der Waals surface area contributed by atoms with Crippen LogP contribution in [0.5, 0.6) is 11.8 Å². The monoisotopic (exact) mass is 449 g/mol. The van der Waals surface area contributed by atoms with Crippen LogP contribution in [0, 0.1) is 11.7 Å². The lowest BCUT2D eigenvalue weighted by molar-refractivity contribution is -0.117. The van der Waals surface area contributed by atoms with Gasteiger partial charge in [-0.15, -0.1) is 0 Å². The maximum atomic E-state index is 15.9. The molecule has 0 aromatic carbocycles. The molecular formula is C25H28FN5O2. The predicted octanol–water partition coefficient (Wildman–Crippen LogP) is 3.64. The zero-order chi connectivity index (χ0) is 23.1. The molecule has 3 aliphatic rings. The number of nitrogens with zero attached hydrogens (tertiary/aromatic N) is 3.